The van der Waals surface area contributed by atoms with Crippen LogP contribution in [-0.2, 0) is 0 Å². The van der Waals surface area contributed by atoms with E-state index in [0.717, 1.165) is 5.56 Å². The average Bonchev–Trinajstić information content (AvgIpc) is 2.33. The predicted molar refractivity (Wildman–Crippen MR) is 72.5 cm³/mol. The van der Waals surface area contributed by atoms with E-state index in [1.165, 1.54) is 4.90 Å². The highest BCUT2D eigenvalue weighted by Gasteiger charge is 2.33. The summed E-state index contributed by atoms with van der Waals surface area (Å²) in [4.78, 5) is 1.39. The zero-order valence-electron chi connectivity index (χ0n) is 11.8. The van der Waals surface area contributed by atoms with Gasteiger partial charge >= 0.3 is 6.18 Å². The lowest BCUT2D eigenvalue weighted by atomic mass is 10.0. The molecule has 0 radical (unpaired) electrons. The van der Waals surface area contributed by atoms with Crippen LogP contribution in [0.4, 0.5) is 18.9 Å². The van der Waals surface area contributed by atoms with Crippen LogP contribution >= 0.6 is 0 Å². The van der Waals surface area contributed by atoms with Gasteiger partial charge in [-0.05, 0) is 39.4 Å². The van der Waals surface area contributed by atoms with Gasteiger partial charge in [0.25, 0.3) is 0 Å². The molecule has 1 atom stereocenters. The summed E-state index contributed by atoms with van der Waals surface area (Å²) in [5.41, 5.74) is 1.51. The van der Waals surface area contributed by atoms with Crippen molar-refractivity contribution in [3.8, 4) is 0 Å². The van der Waals surface area contributed by atoms with Gasteiger partial charge in [0.1, 0.15) is 6.54 Å². The fourth-order valence-electron chi connectivity index (χ4n) is 2.01. The molecule has 0 heterocycles. The Hall–Kier alpha value is -1.23. The van der Waals surface area contributed by atoms with Crippen molar-refractivity contribution in [1.29, 1.82) is 0 Å². The van der Waals surface area contributed by atoms with E-state index in [0.29, 0.717) is 5.69 Å². The zero-order chi connectivity index (χ0) is 14.6. The Morgan fingerprint density at radius 2 is 1.74 bits per heavy atom. The van der Waals surface area contributed by atoms with Crippen molar-refractivity contribution in [1.82, 2.24) is 5.32 Å². The minimum absolute atomic E-state index is 0.00526. The maximum Gasteiger partial charge on any atom is 0.405 e. The topological polar surface area (TPSA) is 15.3 Å². The first-order chi connectivity index (χ1) is 8.76. The number of halogens is 3. The Balaban J connectivity index is 3.16. The SMILES string of the molecule is CNC(C)c1ccccc1N(CC(F)(F)F)C(C)C. The highest BCUT2D eigenvalue weighted by atomic mass is 19.4. The second kappa shape index (κ2) is 6.28. The molecule has 0 aliphatic rings. The van der Waals surface area contributed by atoms with Crippen LogP contribution in [0.3, 0.4) is 0 Å². The van der Waals surface area contributed by atoms with Crippen molar-refractivity contribution < 1.29 is 13.2 Å². The monoisotopic (exact) mass is 274 g/mol. The van der Waals surface area contributed by atoms with Gasteiger partial charge in [-0.15, -0.1) is 0 Å². The van der Waals surface area contributed by atoms with Crippen molar-refractivity contribution in [3.05, 3.63) is 29.8 Å². The number of benzene rings is 1. The lowest BCUT2D eigenvalue weighted by Gasteiger charge is -2.32. The summed E-state index contributed by atoms with van der Waals surface area (Å²) in [5, 5.41) is 3.07. The van der Waals surface area contributed by atoms with Crippen LogP contribution in [0.25, 0.3) is 0 Å². The molecule has 0 aliphatic heterocycles. The van der Waals surface area contributed by atoms with Crippen LogP contribution in [-0.4, -0.2) is 25.8 Å². The average molecular weight is 274 g/mol. The van der Waals surface area contributed by atoms with Crippen molar-refractivity contribution in [3.63, 3.8) is 0 Å². The number of para-hydroxylation sites is 1. The summed E-state index contributed by atoms with van der Waals surface area (Å²) in [6, 6.07) is 7.01. The maximum absolute atomic E-state index is 12.7. The molecule has 0 amide bonds. The molecule has 0 aliphatic carbocycles. The van der Waals surface area contributed by atoms with Gasteiger partial charge in [0.05, 0.1) is 0 Å². The Bertz CT molecular complexity index is 402. The highest BCUT2D eigenvalue weighted by Crippen LogP contribution is 2.30. The van der Waals surface area contributed by atoms with Crippen LogP contribution < -0.4 is 10.2 Å². The normalized spacial score (nSPS) is 13.7. The van der Waals surface area contributed by atoms with Gasteiger partial charge in [0.15, 0.2) is 0 Å². The Kier molecular flexibility index (Phi) is 5.23. The molecule has 2 nitrogen and oxygen atoms in total. The number of nitrogens with zero attached hydrogens (tertiary/aromatic N) is 1. The van der Waals surface area contributed by atoms with Gasteiger partial charge < -0.3 is 10.2 Å². The van der Waals surface area contributed by atoms with Crippen molar-refractivity contribution in [2.24, 2.45) is 0 Å². The molecule has 0 fully saturated rings. The molecule has 1 N–H and O–H groups in total. The molecule has 1 rings (SSSR count). The van der Waals surface area contributed by atoms with Crippen LogP contribution in [0.2, 0.25) is 0 Å². The molecular weight excluding hydrogens is 253 g/mol. The first-order valence-electron chi connectivity index (χ1n) is 6.36. The Labute approximate surface area is 112 Å². The minimum atomic E-state index is -4.21. The smallest absolute Gasteiger partial charge is 0.360 e. The van der Waals surface area contributed by atoms with Crippen molar-refractivity contribution in [2.45, 2.75) is 39.0 Å². The summed E-state index contributed by atoms with van der Waals surface area (Å²) < 4.78 is 38.1. The fourth-order valence-corrected chi connectivity index (χ4v) is 2.01. The Morgan fingerprint density at radius 3 is 2.21 bits per heavy atom. The summed E-state index contributed by atoms with van der Waals surface area (Å²) in [7, 11) is 1.80. The molecule has 0 aromatic heterocycles. The quantitative estimate of drug-likeness (QED) is 0.879. The molecule has 0 saturated heterocycles. The van der Waals surface area contributed by atoms with E-state index < -0.39 is 12.7 Å². The summed E-state index contributed by atoms with van der Waals surface area (Å²) in [6.45, 7) is 4.54. The van der Waals surface area contributed by atoms with Crippen LogP contribution in [0.5, 0.6) is 0 Å². The van der Waals surface area contributed by atoms with Gasteiger partial charge in [-0.3, -0.25) is 0 Å². The summed E-state index contributed by atoms with van der Waals surface area (Å²) >= 11 is 0. The first kappa shape index (κ1) is 15.8. The van der Waals surface area contributed by atoms with E-state index in [4.69, 9.17) is 0 Å². The summed E-state index contributed by atoms with van der Waals surface area (Å²) in [5.74, 6) is 0. The third-order valence-corrected chi connectivity index (χ3v) is 3.12. The van der Waals surface area contributed by atoms with Crippen LogP contribution in [0, 0.1) is 0 Å². The molecule has 0 bridgehead atoms. The van der Waals surface area contributed by atoms with Crippen molar-refractivity contribution >= 4 is 5.69 Å². The molecule has 0 saturated carbocycles. The third-order valence-electron chi connectivity index (χ3n) is 3.12. The molecule has 1 unspecified atom stereocenters. The van der Waals surface area contributed by atoms with Gasteiger partial charge in [0, 0.05) is 17.8 Å². The zero-order valence-corrected chi connectivity index (χ0v) is 11.8. The summed E-state index contributed by atoms with van der Waals surface area (Å²) in [6.07, 6.45) is -4.21. The number of nitrogens with one attached hydrogen (secondary N) is 1. The fraction of sp³-hybridized carbons (Fsp3) is 0.571. The maximum atomic E-state index is 12.7. The van der Waals surface area contributed by atoms with E-state index in [1.54, 1.807) is 33.0 Å². The van der Waals surface area contributed by atoms with Gasteiger partial charge in [-0.2, -0.15) is 13.2 Å². The van der Waals surface area contributed by atoms with E-state index in [-0.39, 0.29) is 12.1 Å². The molecule has 1 aromatic carbocycles. The van der Waals surface area contributed by atoms with Gasteiger partial charge in [-0.25, -0.2) is 0 Å². The highest BCUT2D eigenvalue weighted by molar-refractivity contribution is 5.55. The first-order valence-corrected chi connectivity index (χ1v) is 6.36. The standard InChI is InChI=1S/C14H21F3N2/c1-10(2)19(9-14(15,16)17)13-8-6-5-7-12(13)11(3)18-4/h5-8,10-11,18H,9H2,1-4H3. The number of alkyl halides is 3. The molecule has 19 heavy (non-hydrogen) atoms. The molecule has 1 aromatic rings. The number of rotatable bonds is 5. The number of hydrogen-bond donors (Lipinski definition) is 1. The largest absolute Gasteiger partial charge is 0.405 e. The van der Waals surface area contributed by atoms with E-state index in [2.05, 4.69) is 5.32 Å². The second-order valence-electron chi connectivity index (χ2n) is 4.91. The molecule has 108 valence electrons. The van der Waals surface area contributed by atoms with Gasteiger partial charge in [0.2, 0.25) is 0 Å². The van der Waals surface area contributed by atoms with Gasteiger partial charge in [-0.1, -0.05) is 18.2 Å². The lowest BCUT2D eigenvalue weighted by Crippen LogP contribution is -2.40. The van der Waals surface area contributed by atoms with E-state index >= 15 is 0 Å². The van der Waals surface area contributed by atoms with Crippen molar-refractivity contribution in [2.75, 3.05) is 18.5 Å². The van der Waals surface area contributed by atoms with Crippen LogP contribution in [0.1, 0.15) is 32.4 Å². The Morgan fingerprint density at radius 1 is 1.16 bits per heavy atom. The molecular formula is C14H21F3N2. The number of hydrogen-bond acceptors (Lipinski definition) is 2. The van der Waals surface area contributed by atoms with E-state index in [9.17, 15) is 13.2 Å². The number of anilines is 1. The molecule has 0 spiro atoms. The second-order valence-corrected chi connectivity index (χ2v) is 4.91. The lowest BCUT2D eigenvalue weighted by molar-refractivity contribution is -0.120. The molecule has 5 heteroatoms. The predicted octanol–water partition coefficient (Wildman–Crippen LogP) is 3.74. The third kappa shape index (κ3) is 4.42. The van der Waals surface area contributed by atoms with E-state index in [1.807, 2.05) is 19.1 Å². The minimum Gasteiger partial charge on any atom is -0.360 e. The van der Waals surface area contributed by atoms with Crippen LogP contribution in [0.15, 0.2) is 24.3 Å².